The van der Waals surface area contributed by atoms with Crippen molar-refractivity contribution in [1.29, 1.82) is 0 Å². The summed E-state index contributed by atoms with van der Waals surface area (Å²) >= 11 is 0. The SMILES string of the molecule is COc1ccccc1CNN.[Cl-]. The van der Waals surface area contributed by atoms with Crippen molar-refractivity contribution in [1.82, 2.24) is 5.43 Å². The maximum Gasteiger partial charge on any atom is 0.123 e. The smallest absolute Gasteiger partial charge is 0.123 e. The molecule has 0 bridgehead atoms. The fourth-order valence-corrected chi connectivity index (χ4v) is 0.959. The first kappa shape index (κ1) is 11.2. The molecule has 0 heterocycles. The number of benzene rings is 1. The number of hydrazine groups is 1. The Morgan fingerprint density at radius 2 is 2.08 bits per heavy atom. The van der Waals surface area contributed by atoms with Gasteiger partial charge in [-0.25, -0.2) is 0 Å². The standard InChI is InChI=1S/C8H12N2O.ClH/c1-11-8-5-3-2-4-7(8)6-10-9;/h2-5,10H,6,9H2,1H3;1H/p-1. The lowest BCUT2D eigenvalue weighted by molar-refractivity contribution is -0.00000268. The van der Waals surface area contributed by atoms with E-state index >= 15 is 0 Å². The molecular weight excluding hydrogens is 176 g/mol. The van der Waals surface area contributed by atoms with Gasteiger partial charge >= 0.3 is 0 Å². The second kappa shape index (κ2) is 5.83. The van der Waals surface area contributed by atoms with Gasteiger partial charge in [0.05, 0.1) is 7.11 Å². The average Bonchev–Trinajstić information content (AvgIpc) is 2.06. The molecule has 12 heavy (non-hydrogen) atoms. The fourth-order valence-electron chi connectivity index (χ4n) is 0.959. The molecule has 0 aliphatic carbocycles. The van der Waals surface area contributed by atoms with Gasteiger partial charge in [0.2, 0.25) is 0 Å². The number of hydrogen-bond acceptors (Lipinski definition) is 3. The predicted molar refractivity (Wildman–Crippen MR) is 44.0 cm³/mol. The second-order valence-electron chi connectivity index (χ2n) is 2.19. The van der Waals surface area contributed by atoms with Crippen molar-refractivity contribution in [2.75, 3.05) is 7.11 Å². The summed E-state index contributed by atoms with van der Waals surface area (Å²) in [6.07, 6.45) is 0. The van der Waals surface area contributed by atoms with Crippen LogP contribution in [0.25, 0.3) is 0 Å². The first-order valence-electron chi connectivity index (χ1n) is 3.44. The van der Waals surface area contributed by atoms with E-state index in [1.807, 2.05) is 24.3 Å². The largest absolute Gasteiger partial charge is 1.00 e. The monoisotopic (exact) mass is 187 g/mol. The molecule has 1 rings (SSSR count). The highest BCUT2D eigenvalue weighted by atomic mass is 35.5. The molecule has 0 spiro atoms. The second-order valence-corrected chi connectivity index (χ2v) is 2.19. The summed E-state index contributed by atoms with van der Waals surface area (Å²) in [4.78, 5) is 0. The summed E-state index contributed by atoms with van der Waals surface area (Å²) in [6, 6.07) is 7.76. The zero-order valence-corrected chi connectivity index (χ0v) is 7.64. The summed E-state index contributed by atoms with van der Waals surface area (Å²) < 4.78 is 5.10. The number of hydrogen-bond donors (Lipinski definition) is 2. The van der Waals surface area contributed by atoms with Crippen LogP contribution in [0, 0.1) is 0 Å². The Hall–Kier alpha value is -0.770. The number of halogens is 1. The lowest BCUT2D eigenvalue weighted by Crippen LogP contribution is -3.00. The summed E-state index contributed by atoms with van der Waals surface area (Å²) in [5, 5.41) is 0. The third-order valence-electron chi connectivity index (χ3n) is 1.49. The van der Waals surface area contributed by atoms with E-state index in [9.17, 15) is 0 Å². The van der Waals surface area contributed by atoms with Gasteiger partial charge in [0, 0.05) is 12.1 Å². The highest BCUT2D eigenvalue weighted by Crippen LogP contribution is 2.15. The van der Waals surface area contributed by atoms with Gasteiger partial charge in [-0.3, -0.25) is 11.3 Å². The van der Waals surface area contributed by atoms with Crippen LogP contribution in [0.3, 0.4) is 0 Å². The number of para-hydroxylation sites is 1. The van der Waals surface area contributed by atoms with Gasteiger partial charge < -0.3 is 17.1 Å². The Balaban J connectivity index is 0.00000121. The number of rotatable bonds is 3. The molecule has 1 aromatic rings. The van der Waals surface area contributed by atoms with Gasteiger partial charge in [-0.2, -0.15) is 0 Å². The molecule has 0 fully saturated rings. The molecule has 3 nitrogen and oxygen atoms in total. The van der Waals surface area contributed by atoms with Crippen LogP contribution in [0.4, 0.5) is 0 Å². The van der Waals surface area contributed by atoms with Crippen LogP contribution < -0.4 is 28.4 Å². The Labute approximate surface area is 78.3 Å². The molecule has 0 aromatic heterocycles. The van der Waals surface area contributed by atoms with Crippen molar-refractivity contribution in [2.45, 2.75) is 6.54 Å². The lowest BCUT2D eigenvalue weighted by atomic mass is 10.2. The number of ether oxygens (including phenoxy) is 1. The van der Waals surface area contributed by atoms with Gasteiger partial charge in [0.25, 0.3) is 0 Å². The van der Waals surface area contributed by atoms with Crippen molar-refractivity contribution < 1.29 is 17.1 Å². The van der Waals surface area contributed by atoms with Crippen LogP contribution in [0.15, 0.2) is 24.3 Å². The van der Waals surface area contributed by atoms with E-state index in [1.54, 1.807) is 7.11 Å². The molecule has 68 valence electrons. The van der Waals surface area contributed by atoms with E-state index in [4.69, 9.17) is 10.6 Å². The van der Waals surface area contributed by atoms with E-state index in [0.29, 0.717) is 6.54 Å². The predicted octanol–water partition coefficient (Wildman–Crippen LogP) is -2.34. The number of methoxy groups -OCH3 is 1. The molecule has 0 radical (unpaired) electrons. The normalized spacial score (nSPS) is 8.83. The molecule has 0 aliphatic rings. The van der Waals surface area contributed by atoms with Crippen LogP contribution >= 0.6 is 0 Å². The van der Waals surface area contributed by atoms with Crippen molar-refractivity contribution in [3.8, 4) is 5.75 Å². The van der Waals surface area contributed by atoms with E-state index in [2.05, 4.69) is 5.43 Å². The van der Waals surface area contributed by atoms with Gasteiger partial charge in [-0.1, -0.05) is 18.2 Å². The van der Waals surface area contributed by atoms with Crippen LogP contribution in [-0.2, 0) is 6.54 Å². The summed E-state index contributed by atoms with van der Waals surface area (Å²) in [6.45, 7) is 0.629. The Kier molecular flexibility index (Phi) is 5.45. The maximum atomic E-state index is 5.18. The fraction of sp³-hybridized carbons (Fsp3) is 0.250. The Morgan fingerprint density at radius 3 is 2.67 bits per heavy atom. The summed E-state index contributed by atoms with van der Waals surface area (Å²) in [5.41, 5.74) is 3.65. The number of nitrogens with two attached hydrogens (primary N) is 1. The quantitative estimate of drug-likeness (QED) is 0.412. The minimum Gasteiger partial charge on any atom is -1.00 e. The third-order valence-corrected chi connectivity index (χ3v) is 1.49. The molecular formula is C8H12ClN2O-. The molecule has 3 N–H and O–H groups in total. The topological polar surface area (TPSA) is 47.3 Å². The molecule has 0 saturated carbocycles. The van der Waals surface area contributed by atoms with Crippen LogP contribution in [0.2, 0.25) is 0 Å². The van der Waals surface area contributed by atoms with Crippen LogP contribution in [0.5, 0.6) is 5.75 Å². The molecule has 0 amide bonds. The first-order chi connectivity index (χ1) is 5.38. The van der Waals surface area contributed by atoms with Crippen LogP contribution in [-0.4, -0.2) is 7.11 Å². The first-order valence-corrected chi connectivity index (χ1v) is 3.44. The Bertz CT molecular complexity index is 230. The zero-order chi connectivity index (χ0) is 8.10. The van der Waals surface area contributed by atoms with Gasteiger partial charge in [-0.05, 0) is 6.07 Å². The maximum absolute atomic E-state index is 5.18. The Morgan fingerprint density at radius 1 is 1.42 bits per heavy atom. The van der Waals surface area contributed by atoms with Crippen molar-refractivity contribution in [2.24, 2.45) is 5.84 Å². The summed E-state index contributed by atoms with van der Waals surface area (Å²) in [7, 11) is 1.65. The molecule has 0 saturated heterocycles. The summed E-state index contributed by atoms with van der Waals surface area (Å²) in [5.74, 6) is 6.04. The van der Waals surface area contributed by atoms with Crippen molar-refractivity contribution in [3.05, 3.63) is 29.8 Å². The molecule has 0 atom stereocenters. The van der Waals surface area contributed by atoms with E-state index < -0.39 is 0 Å². The van der Waals surface area contributed by atoms with E-state index in [0.717, 1.165) is 11.3 Å². The van der Waals surface area contributed by atoms with Gasteiger partial charge in [-0.15, -0.1) is 0 Å². The zero-order valence-electron chi connectivity index (χ0n) is 6.88. The van der Waals surface area contributed by atoms with E-state index in [-0.39, 0.29) is 12.4 Å². The minimum absolute atomic E-state index is 0. The highest BCUT2D eigenvalue weighted by Gasteiger charge is 1.97. The molecule has 0 unspecified atom stereocenters. The van der Waals surface area contributed by atoms with Crippen LogP contribution in [0.1, 0.15) is 5.56 Å². The number of nitrogens with one attached hydrogen (secondary N) is 1. The average molecular weight is 188 g/mol. The third kappa shape index (κ3) is 2.70. The van der Waals surface area contributed by atoms with Gasteiger partial charge in [0.1, 0.15) is 5.75 Å². The van der Waals surface area contributed by atoms with Gasteiger partial charge in [0.15, 0.2) is 0 Å². The van der Waals surface area contributed by atoms with Crippen molar-refractivity contribution >= 4 is 0 Å². The molecule has 4 heteroatoms. The molecule has 0 aliphatic heterocycles. The van der Waals surface area contributed by atoms with E-state index in [1.165, 1.54) is 0 Å². The lowest BCUT2D eigenvalue weighted by Gasteiger charge is -2.05. The molecule has 1 aromatic carbocycles. The van der Waals surface area contributed by atoms with Crippen molar-refractivity contribution in [3.63, 3.8) is 0 Å². The highest BCUT2D eigenvalue weighted by molar-refractivity contribution is 5.32. The minimum atomic E-state index is 0.